The molecule has 2 aromatic heterocycles. The molecule has 0 unspecified atom stereocenters. The molecular formula is C25H18ClF3N6. The zero-order chi connectivity index (χ0) is 24.9. The number of nitrogens with one attached hydrogen (secondary N) is 1. The lowest BCUT2D eigenvalue weighted by Gasteiger charge is -2.15. The number of aryl methyl sites for hydroxylation is 1. The van der Waals surface area contributed by atoms with Crippen LogP contribution in [0, 0.1) is 6.92 Å². The van der Waals surface area contributed by atoms with Gasteiger partial charge in [-0.3, -0.25) is 0 Å². The number of halogens is 4. The standard InChI is InChI=1S/C25H18ClF3N6/c1-12-3-6-15-22(32-11-33-23(15)30)20(12)13-5-8-19-16(9-13)21(35-24(31-2)34-19)14-4-7-18(26)17(10-14)25(27,28)29/h3-11H,1-2H3,(H2,30,32,33)(H,31,34,35). The second-order valence-corrected chi connectivity index (χ2v) is 8.39. The third-order valence-electron chi connectivity index (χ3n) is 5.80. The monoisotopic (exact) mass is 494 g/mol. The van der Waals surface area contributed by atoms with Gasteiger partial charge in [-0.25, -0.2) is 19.9 Å². The highest BCUT2D eigenvalue weighted by molar-refractivity contribution is 6.31. The lowest BCUT2D eigenvalue weighted by Crippen LogP contribution is -2.06. The van der Waals surface area contributed by atoms with Crippen LogP contribution in [0.15, 0.2) is 54.9 Å². The van der Waals surface area contributed by atoms with Gasteiger partial charge in [0.05, 0.1) is 27.3 Å². The highest BCUT2D eigenvalue weighted by atomic mass is 35.5. The Kier molecular flexibility index (Phi) is 5.44. The first kappa shape index (κ1) is 22.8. The van der Waals surface area contributed by atoms with E-state index in [9.17, 15) is 13.2 Å². The molecule has 0 aliphatic carbocycles. The number of hydrogen-bond acceptors (Lipinski definition) is 6. The molecule has 0 spiro atoms. The van der Waals surface area contributed by atoms with Gasteiger partial charge in [0.15, 0.2) is 0 Å². The molecule has 3 aromatic carbocycles. The molecule has 176 valence electrons. The number of nitrogens with zero attached hydrogens (tertiary/aromatic N) is 4. The predicted molar refractivity (Wildman–Crippen MR) is 132 cm³/mol. The van der Waals surface area contributed by atoms with Crippen LogP contribution >= 0.6 is 11.6 Å². The van der Waals surface area contributed by atoms with E-state index in [0.717, 1.165) is 22.8 Å². The van der Waals surface area contributed by atoms with Gasteiger partial charge in [-0.2, -0.15) is 13.2 Å². The summed E-state index contributed by atoms with van der Waals surface area (Å²) in [5.74, 6) is 0.645. The summed E-state index contributed by atoms with van der Waals surface area (Å²) >= 11 is 5.85. The van der Waals surface area contributed by atoms with Crippen LogP contribution in [0.4, 0.5) is 24.9 Å². The Morgan fingerprint density at radius 3 is 2.43 bits per heavy atom. The van der Waals surface area contributed by atoms with Crippen molar-refractivity contribution >= 4 is 45.2 Å². The minimum absolute atomic E-state index is 0.268. The van der Waals surface area contributed by atoms with E-state index >= 15 is 0 Å². The first-order chi connectivity index (χ1) is 16.7. The molecule has 35 heavy (non-hydrogen) atoms. The quantitative estimate of drug-likeness (QED) is 0.297. The van der Waals surface area contributed by atoms with E-state index in [1.165, 1.54) is 18.5 Å². The Labute approximate surface area is 203 Å². The van der Waals surface area contributed by atoms with Gasteiger partial charge in [0.25, 0.3) is 0 Å². The fourth-order valence-electron chi connectivity index (χ4n) is 4.12. The van der Waals surface area contributed by atoms with Gasteiger partial charge in [0.1, 0.15) is 12.1 Å². The molecule has 10 heteroatoms. The minimum Gasteiger partial charge on any atom is -0.383 e. The summed E-state index contributed by atoms with van der Waals surface area (Å²) in [4.78, 5) is 17.5. The van der Waals surface area contributed by atoms with Crippen LogP contribution in [-0.4, -0.2) is 27.0 Å². The Balaban J connectivity index is 1.80. The van der Waals surface area contributed by atoms with Gasteiger partial charge >= 0.3 is 6.18 Å². The van der Waals surface area contributed by atoms with E-state index in [4.69, 9.17) is 17.3 Å². The molecule has 0 fully saturated rings. The zero-order valence-electron chi connectivity index (χ0n) is 18.6. The summed E-state index contributed by atoms with van der Waals surface area (Å²) in [6.07, 6.45) is -3.20. The number of hydrogen-bond donors (Lipinski definition) is 2. The summed E-state index contributed by atoms with van der Waals surface area (Å²) in [5, 5.41) is 3.78. The highest BCUT2D eigenvalue weighted by Crippen LogP contribution is 2.40. The first-order valence-electron chi connectivity index (χ1n) is 10.5. The van der Waals surface area contributed by atoms with Gasteiger partial charge in [-0.15, -0.1) is 0 Å². The molecule has 3 N–H and O–H groups in total. The molecule has 6 nitrogen and oxygen atoms in total. The van der Waals surface area contributed by atoms with E-state index in [2.05, 4.69) is 25.3 Å². The summed E-state index contributed by atoms with van der Waals surface area (Å²) in [6, 6.07) is 13.1. The van der Waals surface area contributed by atoms with Crippen molar-refractivity contribution in [3.8, 4) is 22.4 Å². The molecule has 5 aromatic rings. The van der Waals surface area contributed by atoms with E-state index < -0.39 is 11.7 Å². The fraction of sp³-hybridized carbons (Fsp3) is 0.120. The molecular weight excluding hydrogens is 477 g/mol. The Bertz CT molecular complexity index is 1620. The largest absolute Gasteiger partial charge is 0.417 e. The Hall–Kier alpha value is -3.98. The van der Waals surface area contributed by atoms with Crippen LogP contribution in [0.3, 0.4) is 0 Å². The average Bonchev–Trinajstić information content (AvgIpc) is 2.83. The predicted octanol–water partition coefficient (Wildman–Crippen LogP) is 6.51. The second-order valence-electron chi connectivity index (χ2n) is 7.98. The maximum Gasteiger partial charge on any atom is 0.417 e. The average molecular weight is 495 g/mol. The number of aromatic nitrogens is 4. The lowest BCUT2D eigenvalue weighted by atomic mass is 9.95. The number of rotatable bonds is 3. The third-order valence-corrected chi connectivity index (χ3v) is 6.13. The third kappa shape index (κ3) is 3.97. The molecule has 0 atom stereocenters. The van der Waals surface area contributed by atoms with Crippen molar-refractivity contribution in [3.63, 3.8) is 0 Å². The number of benzene rings is 3. The number of nitrogens with two attached hydrogens (primary N) is 1. The van der Waals surface area contributed by atoms with E-state index in [1.54, 1.807) is 13.1 Å². The molecule has 0 bridgehead atoms. The SMILES string of the molecule is CNc1nc(-c2ccc(Cl)c(C(F)(F)F)c2)c2cc(-c3c(C)ccc4c(N)ncnc34)ccc2n1. The van der Waals surface area contributed by atoms with Crippen LogP contribution in [0.2, 0.25) is 5.02 Å². The molecule has 0 radical (unpaired) electrons. The van der Waals surface area contributed by atoms with Crippen molar-refractivity contribution in [3.05, 3.63) is 71.0 Å². The van der Waals surface area contributed by atoms with Crippen molar-refractivity contribution in [2.75, 3.05) is 18.1 Å². The molecule has 2 heterocycles. The molecule has 0 aliphatic rings. The first-order valence-corrected chi connectivity index (χ1v) is 10.9. The van der Waals surface area contributed by atoms with Gasteiger partial charge in [-0.05, 0) is 48.4 Å². The summed E-state index contributed by atoms with van der Waals surface area (Å²) < 4.78 is 40.7. The van der Waals surface area contributed by atoms with Crippen LogP contribution in [0.1, 0.15) is 11.1 Å². The minimum atomic E-state index is -4.60. The maximum absolute atomic E-state index is 13.6. The molecule has 0 saturated heterocycles. The molecule has 0 aliphatic heterocycles. The summed E-state index contributed by atoms with van der Waals surface area (Å²) in [7, 11) is 1.64. The van der Waals surface area contributed by atoms with Crippen LogP contribution in [0.5, 0.6) is 0 Å². The van der Waals surface area contributed by atoms with E-state index in [1.807, 2.05) is 31.2 Å². The molecule has 0 saturated carbocycles. The second kappa shape index (κ2) is 8.35. The van der Waals surface area contributed by atoms with Crippen molar-refractivity contribution < 1.29 is 13.2 Å². The zero-order valence-corrected chi connectivity index (χ0v) is 19.3. The van der Waals surface area contributed by atoms with E-state index in [-0.39, 0.29) is 16.5 Å². The van der Waals surface area contributed by atoms with Crippen molar-refractivity contribution in [1.29, 1.82) is 0 Å². The van der Waals surface area contributed by atoms with Crippen molar-refractivity contribution in [2.45, 2.75) is 13.1 Å². The molecule has 0 amide bonds. The summed E-state index contributed by atoms with van der Waals surface area (Å²) in [5.41, 5.74) is 9.58. The number of fused-ring (bicyclic) bond motifs is 2. The number of alkyl halides is 3. The van der Waals surface area contributed by atoms with Gasteiger partial charge in [0.2, 0.25) is 5.95 Å². The van der Waals surface area contributed by atoms with Crippen molar-refractivity contribution in [1.82, 2.24) is 19.9 Å². The normalized spacial score (nSPS) is 11.8. The molecule has 5 rings (SSSR count). The smallest absolute Gasteiger partial charge is 0.383 e. The number of nitrogen functional groups attached to an aromatic ring is 1. The topological polar surface area (TPSA) is 89.6 Å². The van der Waals surface area contributed by atoms with Gasteiger partial charge < -0.3 is 11.1 Å². The maximum atomic E-state index is 13.6. The van der Waals surface area contributed by atoms with Gasteiger partial charge in [0, 0.05) is 28.9 Å². The van der Waals surface area contributed by atoms with Gasteiger partial charge in [-0.1, -0.05) is 29.8 Å². The number of anilines is 2. The van der Waals surface area contributed by atoms with E-state index in [0.29, 0.717) is 33.3 Å². The lowest BCUT2D eigenvalue weighted by molar-refractivity contribution is -0.137. The van der Waals surface area contributed by atoms with Crippen LogP contribution in [0.25, 0.3) is 44.2 Å². The highest BCUT2D eigenvalue weighted by Gasteiger charge is 2.33. The van der Waals surface area contributed by atoms with Crippen molar-refractivity contribution in [2.24, 2.45) is 0 Å². The van der Waals surface area contributed by atoms with Crippen LogP contribution in [-0.2, 0) is 6.18 Å². The Morgan fingerprint density at radius 2 is 1.69 bits per heavy atom. The fourth-order valence-corrected chi connectivity index (χ4v) is 4.35. The Morgan fingerprint density at radius 1 is 0.914 bits per heavy atom. The van der Waals surface area contributed by atoms with Crippen LogP contribution < -0.4 is 11.1 Å². The summed E-state index contributed by atoms with van der Waals surface area (Å²) in [6.45, 7) is 1.95.